The molecule has 3 saturated carbocycles. The third-order valence-electron chi connectivity index (χ3n) is 10.4. The third kappa shape index (κ3) is 4.00. The molecule has 0 spiro atoms. The topological polar surface area (TPSA) is 9.23 Å². The number of fused-ring (bicyclic) bond motifs is 5. The van der Waals surface area contributed by atoms with Crippen LogP contribution in [-0.2, 0) is 3.07 Å². The van der Waals surface area contributed by atoms with E-state index < -0.39 is 0 Å². The lowest BCUT2D eigenvalue weighted by atomic mass is 9.47. The molecule has 0 saturated heterocycles. The Balaban J connectivity index is 1.48. The van der Waals surface area contributed by atoms with Gasteiger partial charge in [-0.1, -0.05) is 65.5 Å². The van der Waals surface area contributed by atoms with Gasteiger partial charge in [-0.15, -0.1) is 0 Å². The molecule has 0 aromatic heterocycles. The van der Waals surface area contributed by atoms with Gasteiger partial charge in [0.15, 0.2) is 0 Å². The molecule has 0 bridgehead atoms. The predicted octanol–water partition coefficient (Wildman–Crippen LogP) is 8.76. The van der Waals surface area contributed by atoms with Gasteiger partial charge >= 0.3 is 0 Å². The first kappa shape index (κ1) is 22.6. The van der Waals surface area contributed by atoms with Crippen molar-refractivity contribution in [1.29, 1.82) is 0 Å². The molecule has 0 heterocycles. The number of hydrogen-bond acceptors (Lipinski definition) is 1. The minimum atomic E-state index is 0.461. The molecule has 0 amide bonds. The maximum absolute atomic E-state index is 5.72. The molecule has 4 aliphatic rings. The second kappa shape index (κ2) is 8.75. The average molecular weight is 513 g/mol. The van der Waals surface area contributed by atoms with Gasteiger partial charge in [-0.25, -0.2) is 0 Å². The van der Waals surface area contributed by atoms with E-state index in [1.54, 1.807) is 5.57 Å². The van der Waals surface area contributed by atoms with Gasteiger partial charge in [0, 0.05) is 0 Å². The first-order chi connectivity index (χ1) is 13.8. The molecule has 0 aromatic rings. The molecule has 4 rings (SSSR count). The number of allylic oxidation sites excluding steroid dienone is 1. The lowest BCUT2D eigenvalue weighted by Crippen LogP contribution is -2.50. The first-order valence-corrected chi connectivity index (χ1v) is 13.6. The zero-order chi connectivity index (χ0) is 20.8. The van der Waals surface area contributed by atoms with Crippen LogP contribution in [0.15, 0.2) is 11.6 Å². The lowest BCUT2D eigenvalue weighted by molar-refractivity contribution is -0.0544. The highest BCUT2D eigenvalue weighted by Gasteiger charge is 2.59. The van der Waals surface area contributed by atoms with Crippen LogP contribution in [0.1, 0.15) is 105 Å². The zero-order valence-corrected chi connectivity index (χ0v) is 21.8. The molecule has 8 unspecified atom stereocenters. The van der Waals surface area contributed by atoms with Gasteiger partial charge < -0.3 is 3.07 Å². The van der Waals surface area contributed by atoms with Gasteiger partial charge in [0.2, 0.25) is 0 Å². The third-order valence-corrected chi connectivity index (χ3v) is 11.1. The Bertz CT molecular complexity index is 612. The van der Waals surface area contributed by atoms with E-state index in [1.165, 1.54) is 70.6 Å². The number of halogens is 1. The van der Waals surface area contributed by atoms with Crippen molar-refractivity contribution in [2.24, 2.45) is 46.3 Å². The van der Waals surface area contributed by atoms with Gasteiger partial charge in [-0.3, -0.25) is 0 Å². The van der Waals surface area contributed by atoms with Gasteiger partial charge in [0.1, 0.15) is 23.0 Å². The van der Waals surface area contributed by atoms with Crippen molar-refractivity contribution in [2.45, 2.75) is 111 Å². The summed E-state index contributed by atoms with van der Waals surface area (Å²) >= 11 is 2.13. The van der Waals surface area contributed by atoms with Crippen LogP contribution in [0.25, 0.3) is 0 Å². The second-order valence-corrected chi connectivity index (χ2v) is 12.8. The van der Waals surface area contributed by atoms with Crippen molar-refractivity contribution in [3.63, 3.8) is 0 Å². The van der Waals surface area contributed by atoms with E-state index in [2.05, 4.69) is 63.7 Å². The summed E-state index contributed by atoms with van der Waals surface area (Å²) in [7, 11) is 0. The van der Waals surface area contributed by atoms with Crippen LogP contribution < -0.4 is 0 Å². The van der Waals surface area contributed by atoms with E-state index in [0.29, 0.717) is 16.9 Å². The van der Waals surface area contributed by atoms with Crippen molar-refractivity contribution >= 4 is 23.0 Å². The molecule has 8 atom stereocenters. The van der Waals surface area contributed by atoms with Crippen LogP contribution in [0.4, 0.5) is 0 Å². The quantitative estimate of drug-likeness (QED) is 0.255. The van der Waals surface area contributed by atoms with Crippen molar-refractivity contribution in [3.05, 3.63) is 11.6 Å². The SMILES string of the molecule is CC(C)CCCC(C)C1CCC2C3CC=C4CC(OI)CCC4(C)C3CCC12C. The molecular formula is C27H45IO. The monoisotopic (exact) mass is 512 g/mol. The summed E-state index contributed by atoms with van der Waals surface area (Å²) < 4.78 is 5.72. The number of hydrogen-bond donors (Lipinski definition) is 0. The average Bonchev–Trinajstić information content (AvgIpc) is 3.04. The molecular weight excluding hydrogens is 467 g/mol. The highest BCUT2D eigenvalue weighted by atomic mass is 127. The van der Waals surface area contributed by atoms with E-state index in [9.17, 15) is 0 Å². The van der Waals surface area contributed by atoms with Gasteiger partial charge in [0.25, 0.3) is 0 Å². The van der Waals surface area contributed by atoms with Gasteiger partial charge in [-0.05, 0) is 97.7 Å². The Hall–Kier alpha value is 0.430. The van der Waals surface area contributed by atoms with Crippen LogP contribution in [0.5, 0.6) is 0 Å². The molecule has 2 heteroatoms. The molecule has 0 aliphatic heterocycles. The zero-order valence-electron chi connectivity index (χ0n) is 19.7. The summed E-state index contributed by atoms with van der Waals surface area (Å²) in [6.45, 7) is 12.7. The van der Waals surface area contributed by atoms with Crippen molar-refractivity contribution in [3.8, 4) is 0 Å². The van der Waals surface area contributed by atoms with E-state index in [-0.39, 0.29) is 0 Å². The van der Waals surface area contributed by atoms with Gasteiger partial charge in [0.05, 0.1) is 6.10 Å². The maximum Gasteiger partial charge on any atom is 0.110 e. The maximum atomic E-state index is 5.72. The van der Waals surface area contributed by atoms with Crippen molar-refractivity contribution < 1.29 is 3.07 Å². The molecule has 0 aromatic carbocycles. The molecule has 29 heavy (non-hydrogen) atoms. The van der Waals surface area contributed by atoms with Crippen LogP contribution in [-0.4, -0.2) is 6.10 Å². The predicted molar refractivity (Wildman–Crippen MR) is 132 cm³/mol. The normalized spacial score (nSPS) is 45.3. The van der Waals surface area contributed by atoms with Crippen LogP contribution >= 0.6 is 23.0 Å². The second-order valence-electron chi connectivity index (χ2n) is 12.2. The Labute approximate surface area is 194 Å². The molecule has 4 aliphatic carbocycles. The van der Waals surface area contributed by atoms with E-state index in [1.807, 2.05) is 0 Å². The molecule has 0 N–H and O–H groups in total. The fraction of sp³-hybridized carbons (Fsp3) is 0.926. The summed E-state index contributed by atoms with van der Waals surface area (Å²) in [5.41, 5.74) is 2.84. The fourth-order valence-corrected chi connectivity index (χ4v) is 9.16. The molecule has 166 valence electrons. The van der Waals surface area contributed by atoms with Crippen molar-refractivity contribution in [2.75, 3.05) is 0 Å². The summed E-state index contributed by atoms with van der Waals surface area (Å²) in [5.74, 6) is 5.62. The summed E-state index contributed by atoms with van der Waals surface area (Å²) in [5, 5.41) is 0. The first-order valence-electron chi connectivity index (χ1n) is 12.8. The largest absolute Gasteiger partial charge is 0.312 e. The Morgan fingerprint density at radius 3 is 2.55 bits per heavy atom. The standard InChI is InChI=1S/C27H45IO/c1-18(2)7-6-8-19(3)23-11-12-24-22-10-9-20-17-21(29-28)13-15-26(20,4)25(22)14-16-27(23,24)5/h9,18-19,21-25H,6-8,10-17H2,1-5H3. The Morgan fingerprint density at radius 2 is 1.83 bits per heavy atom. The van der Waals surface area contributed by atoms with E-state index in [4.69, 9.17) is 3.07 Å². The van der Waals surface area contributed by atoms with Crippen LogP contribution in [0.2, 0.25) is 0 Å². The smallest absolute Gasteiger partial charge is 0.110 e. The van der Waals surface area contributed by atoms with E-state index >= 15 is 0 Å². The highest BCUT2D eigenvalue weighted by Crippen LogP contribution is 2.67. The minimum Gasteiger partial charge on any atom is -0.312 e. The fourth-order valence-electron chi connectivity index (χ4n) is 8.73. The number of rotatable bonds is 6. The highest BCUT2D eigenvalue weighted by molar-refractivity contribution is 14.1. The summed E-state index contributed by atoms with van der Waals surface area (Å²) in [6, 6.07) is 0. The Kier molecular flexibility index (Phi) is 6.83. The molecule has 0 radical (unpaired) electrons. The van der Waals surface area contributed by atoms with Crippen LogP contribution in [0, 0.1) is 46.3 Å². The molecule has 3 fully saturated rings. The van der Waals surface area contributed by atoms with Crippen molar-refractivity contribution in [1.82, 2.24) is 0 Å². The summed E-state index contributed by atoms with van der Waals surface area (Å²) in [6.07, 6.45) is 18.6. The van der Waals surface area contributed by atoms with Gasteiger partial charge in [-0.2, -0.15) is 0 Å². The summed E-state index contributed by atoms with van der Waals surface area (Å²) in [4.78, 5) is 0. The van der Waals surface area contributed by atoms with Crippen LogP contribution in [0.3, 0.4) is 0 Å². The minimum absolute atomic E-state index is 0.461. The lowest BCUT2D eigenvalue weighted by Gasteiger charge is -2.58. The molecule has 1 nitrogen and oxygen atoms in total. The Morgan fingerprint density at radius 1 is 1.03 bits per heavy atom. The van der Waals surface area contributed by atoms with E-state index in [0.717, 1.165) is 35.5 Å².